The van der Waals surface area contributed by atoms with Crippen molar-refractivity contribution in [3.05, 3.63) is 95.0 Å². The molecule has 4 rings (SSSR count). The molecule has 2 amide bonds. The third-order valence-electron chi connectivity index (χ3n) is 5.54. The molecule has 2 unspecified atom stereocenters. The van der Waals surface area contributed by atoms with Crippen LogP contribution < -0.4 is 9.80 Å². The van der Waals surface area contributed by atoms with Crippen LogP contribution in [0.3, 0.4) is 0 Å². The Hall–Kier alpha value is -3.11. The molecule has 0 radical (unpaired) electrons. The second-order valence-electron chi connectivity index (χ2n) is 7.57. The van der Waals surface area contributed by atoms with Gasteiger partial charge in [-0.25, -0.2) is 0 Å². The third-order valence-corrected chi connectivity index (χ3v) is 5.77. The summed E-state index contributed by atoms with van der Waals surface area (Å²) in [4.78, 5) is 29.7. The molecule has 0 aliphatic carbocycles. The van der Waals surface area contributed by atoms with Crippen molar-refractivity contribution in [1.82, 2.24) is 0 Å². The average molecular weight is 419 g/mol. The van der Waals surface area contributed by atoms with Crippen LogP contribution in [-0.2, 0) is 4.79 Å². The first-order chi connectivity index (χ1) is 14.5. The van der Waals surface area contributed by atoms with Crippen LogP contribution in [0.4, 0.5) is 11.4 Å². The van der Waals surface area contributed by atoms with Gasteiger partial charge in [0.2, 0.25) is 5.91 Å². The second kappa shape index (κ2) is 8.33. The SMILES string of the molecule is CC(=O)N(c1ccccc1)C1CC(C)N(C(=O)c2ccccc2)c2ccc(Cl)cc21. The van der Waals surface area contributed by atoms with Gasteiger partial charge >= 0.3 is 0 Å². The van der Waals surface area contributed by atoms with Crippen LogP contribution in [0.2, 0.25) is 5.02 Å². The normalized spacial score (nSPS) is 17.9. The van der Waals surface area contributed by atoms with Gasteiger partial charge in [-0.05, 0) is 55.8 Å². The highest BCUT2D eigenvalue weighted by Crippen LogP contribution is 2.43. The highest BCUT2D eigenvalue weighted by atomic mass is 35.5. The maximum Gasteiger partial charge on any atom is 0.258 e. The fourth-order valence-corrected chi connectivity index (χ4v) is 4.43. The van der Waals surface area contributed by atoms with E-state index in [1.807, 2.05) is 84.6 Å². The number of fused-ring (bicyclic) bond motifs is 1. The number of carbonyl (C=O) groups excluding carboxylic acids is 2. The number of hydrogen-bond acceptors (Lipinski definition) is 2. The molecule has 0 bridgehead atoms. The topological polar surface area (TPSA) is 40.6 Å². The van der Waals surface area contributed by atoms with Gasteiger partial charge in [-0.15, -0.1) is 0 Å². The number of rotatable bonds is 3. The first-order valence-corrected chi connectivity index (χ1v) is 10.4. The van der Waals surface area contributed by atoms with E-state index in [1.165, 1.54) is 0 Å². The van der Waals surface area contributed by atoms with Crippen LogP contribution in [-0.4, -0.2) is 17.9 Å². The van der Waals surface area contributed by atoms with Gasteiger partial charge < -0.3 is 9.80 Å². The first kappa shape index (κ1) is 20.2. The number of carbonyl (C=O) groups is 2. The number of benzene rings is 3. The van der Waals surface area contributed by atoms with E-state index in [4.69, 9.17) is 11.6 Å². The number of amides is 2. The van der Waals surface area contributed by atoms with E-state index < -0.39 is 0 Å². The van der Waals surface area contributed by atoms with Crippen LogP contribution >= 0.6 is 11.6 Å². The summed E-state index contributed by atoms with van der Waals surface area (Å²) < 4.78 is 0. The lowest BCUT2D eigenvalue weighted by Gasteiger charge is -2.43. The van der Waals surface area contributed by atoms with Crippen LogP contribution in [0, 0.1) is 0 Å². The Labute approximate surface area is 181 Å². The van der Waals surface area contributed by atoms with Crippen LogP contribution in [0.25, 0.3) is 0 Å². The maximum atomic E-state index is 13.4. The lowest BCUT2D eigenvalue weighted by molar-refractivity contribution is -0.117. The van der Waals surface area contributed by atoms with Crippen molar-refractivity contribution < 1.29 is 9.59 Å². The number of para-hydroxylation sites is 1. The van der Waals surface area contributed by atoms with Crippen LogP contribution in [0.5, 0.6) is 0 Å². The predicted octanol–water partition coefficient (Wildman–Crippen LogP) is 5.87. The van der Waals surface area contributed by atoms with Crippen molar-refractivity contribution in [2.75, 3.05) is 9.80 Å². The van der Waals surface area contributed by atoms with E-state index in [0.717, 1.165) is 16.9 Å². The molecule has 1 heterocycles. The Balaban J connectivity index is 1.82. The van der Waals surface area contributed by atoms with E-state index >= 15 is 0 Å². The van der Waals surface area contributed by atoms with Gasteiger partial charge in [-0.1, -0.05) is 48.0 Å². The van der Waals surface area contributed by atoms with Crippen molar-refractivity contribution in [3.63, 3.8) is 0 Å². The number of halogens is 1. The zero-order valence-corrected chi connectivity index (χ0v) is 17.7. The number of hydrogen-bond donors (Lipinski definition) is 0. The van der Waals surface area contributed by atoms with E-state index in [1.54, 1.807) is 17.9 Å². The summed E-state index contributed by atoms with van der Waals surface area (Å²) in [5.41, 5.74) is 3.13. The summed E-state index contributed by atoms with van der Waals surface area (Å²) in [6.45, 7) is 3.60. The fraction of sp³-hybridized carbons (Fsp3) is 0.200. The fourth-order valence-electron chi connectivity index (χ4n) is 4.25. The molecule has 0 saturated carbocycles. The summed E-state index contributed by atoms with van der Waals surface area (Å²) in [6.07, 6.45) is 0.611. The van der Waals surface area contributed by atoms with E-state index in [9.17, 15) is 9.59 Å². The van der Waals surface area contributed by atoms with E-state index in [0.29, 0.717) is 17.0 Å². The standard InChI is InChI=1S/C25H23ClN2O2/c1-17-15-24(28(18(2)29)21-11-7-4-8-12-21)22-16-20(26)13-14-23(22)27(17)25(30)19-9-5-3-6-10-19/h3-14,16-17,24H,15H2,1-2H3. The minimum atomic E-state index is -0.214. The Morgan fingerprint density at radius 2 is 1.60 bits per heavy atom. The Morgan fingerprint density at radius 3 is 2.23 bits per heavy atom. The number of anilines is 2. The predicted molar refractivity (Wildman–Crippen MR) is 121 cm³/mol. The molecule has 152 valence electrons. The highest BCUT2D eigenvalue weighted by molar-refractivity contribution is 6.30. The van der Waals surface area contributed by atoms with Gasteiger partial charge in [0.05, 0.1) is 6.04 Å². The molecule has 0 spiro atoms. The molecule has 4 nitrogen and oxygen atoms in total. The molecule has 30 heavy (non-hydrogen) atoms. The smallest absolute Gasteiger partial charge is 0.258 e. The van der Waals surface area contributed by atoms with E-state index in [2.05, 4.69) is 0 Å². The highest BCUT2D eigenvalue weighted by Gasteiger charge is 2.38. The van der Waals surface area contributed by atoms with Crippen molar-refractivity contribution in [2.45, 2.75) is 32.4 Å². The van der Waals surface area contributed by atoms with Gasteiger partial charge in [-0.2, -0.15) is 0 Å². The van der Waals surface area contributed by atoms with Gasteiger partial charge in [-0.3, -0.25) is 9.59 Å². The van der Waals surface area contributed by atoms with Gasteiger partial charge in [0.25, 0.3) is 5.91 Å². The quantitative estimate of drug-likeness (QED) is 0.533. The van der Waals surface area contributed by atoms with Crippen molar-refractivity contribution >= 4 is 34.8 Å². The van der Waals surface area contributed by atoms with Crippen molar-refractivity contribution in [1.29, 1.82) is 0 Å². The molecule has 1 aliphatic rings. The Kier molecular flexibility index (Phi) is 5.60. The lowest BCUT2D eigenvalue weighted by Crippen LogP contribution is -2.47. The second-order valence-corrected chi connectivity index (χ2v) is 8.01. The molecular weight excluding hydrogens is 396 g/mol. The largest absolute Gasteiger partial charge is 0.305 e. The Morgan fingerprint density at radius 1 is 0.967 bits per heavy atom. The molecule has 3 aromatic carbocycles. The molecule has 0 N–H and O–H groups in total. The lowest BCUT2D eigenvalue weighted by atomic mass is 9.89. The monoisotopic (exact) mass is 418 g/mol. The first-order valence-electron chi connectivity index (χ1n) is 10.00. The average Bonchev–Trinajstić information content (AvgIpc) is 2.75. The van der Waals surface area contributed by atoms with Gasteiger partial charge in [0.15, 0.2) is 0 Å². The Bertz CT molecular complexity index is 1070. The molecule has 0 aromatic heterocycles. The minimum Gasteiger partial charge on any atom is -0.305 e. The summed E-state index contributed by atoms with van der Waals surface area (Å²) in [5.74, 6) is -0.105. The summed E-state index contributed by atoms with van der Waals surface area (Å²) in [5, 5.41) is 0.581. The maximum absolute atomic E-state index is 13.4. The van der Waals surface area contributed by atoms with E-state index in [-0.39, 0.29) is 23.9 Å². The van der Waals surface area contributed by atoms with Gasteiger partial charge in [0, 0.05) is 40.5 Å². The van der Waals surface area contributed by atoms with Crippen molar-refractivity contribution in [3.8, 4) is 0 Å². The number of nitrogens with zero attached hydrogens (tertiary/aromatic N) is 2. The molecule has 3 aromatic rings. The van der Waals surface area contributed by atoms with Crippen LogP contribution in [0.15, 0.2) is 78.9 Å². The zero-order valence-electron chi connectivity index (χ0n) is 17.0. The minimum absolute atomic E-state index is 0.0489. The molecule has 1 aliphatic heterocycles. The zero-order chi connectivity index (χ0) is 21.3. The molecule has 2 atom stereocenters. The molecule has 0 saturated heterocycles. The summed E-state index contributed by atoms with van der Waals surface area (Å²) in [7, 11) is 0. The molecule has 0 fully saturated rings. The summed E-state index contributed by atoms with van der Waals surface area (Å²) in [6, 6.07) is 24.1. The third kappa shape index (κ3) is 3.71. The van der Waals surface area contributed by atoms with Crippen LogP contribution in [0.1, 0.15) is 42.2 Å². The molecule has 5 heteroatoms. The summed E-state index contributed by atoms with van der Waals surface area (Å²) >= 11 is 6.35. The van der Waals surface area contributed by atoms with Gasteiger partial charge in [0.1, 0.15) is 0 Å². The van der Waals surface area contributed by atoms with Crippen molar-refractivity contribution in [2.24, 2.45) is 0 Å². The molecular formula is C25H23ClN2O2.